The molecule has 0 aliphatic heterocycles. The molecule has 4 nitrogen and oxygen atoms in total. The number of halogens is 1. The van der Waals surface area contributed by atoms with Gasteiger partial charge in [-0.2, -0.15) is 14.9 Å². The summed E-state index contributed by atoms with van der Waals surface area (Å²) in [5, 5.41) is 12.0. The van der Waals surface area contributed by atoms with Crippen molar-refractivity contribution < 1.29 is 0 Å². The van der Waals surface area contributed by atoms with Gasteiger partial charge in [0.15, 0.2) is 5.82 Å². The normalized spacial score (nSPS) is 11.3. The van der Waals surface area contributed by atoms with E-state index in [1.54, 1.807) is 22.2 Å². The van der Waals surface area contributed by atoms with Crippen LogP contribution in [0, 0.1) is 11.7 Å². The lowest BCUT2D eigenvalue weighted by atomic mass is 10.2. The van der Waals surface area contributed by atoms with Gasteiger partial charge in [-0.25, -0.2) is 5.10 Å². The van der Waals surface area contributed by atoms with Crippen molar-refractivity contribution >= 4 is 41.4 Å². The maximum atomic E-state index is 6.02. The van der Waals surface area contributed by atoms with E-state index in [0.717, 1.165) is 10.4 Å². The molecule has 0 unspecified atom stereocenters. The minimum absolute atomic E-state index is 0.439. The molecule has 0 radical (unpaired) electrons. The van der Waals surface area contributed by atoms with Gasteiger partial charge in [-0.1, -0.05) is 23.7 Å². The second-order valence-corrected chi connectivity index (χ2v) is 6.51. The van der Waals surface area contributed by atoms with Crippen LogP contribution in [0.1, 0.15) is 9.75 Å². The molecule has 0 aliphatic rings. The van der Waals surface area contributed by atoms with Crippen molar-refractivity contribution in [1.82, 2.24) is 14.9 Å². The topological polar surface area (TPSA) is 46.0 Å². The zero-order chi connectivity index (χ0) is 14.8. The molecule has 2 heterocycles. The van der Waals surface area contributed by atoms with Crippen LogP contribution in [0.15, 0.2) is 41.5 Å². The van der Waals surface area contributed by atoms with Crippen molar-refractivity contribution in [3.05, 3.63) is 55.9 Å². The fraction of sp³-hybridized carbons (Fsp3) is 0.0714. The summed E-state index contributed by atoms with van der Waals surface area (Å²) >= 11 is 12.9. The van der Waals surface area contributed by atoms with E-state index in [4.69, 9.17) is 23.8 Å². The van der Waals surface area contributed by atoms with Crippen molar-refractivity contribution in [3.63, 3.8) is 0 Å². The lowest BCUT2D eigenvalue weighted by Gasteiger charge is -2.01. The molecule has 2 aromatic heterocycles. The van der Waals surface area contributed by atoms with Crippen LogP contribution in [0.2, 0.25) is 5.02 Å². The summed E-state index contributed by atoms with van der Waals surface area (Å²) in [5.41, 5.74) is 0.856. The van der Waals surface area contributed by atoms with E-state index in [1.807, 2.05) is 30.3 Å². The number of benzene rings is 1. The largest absolute Gasteiger partial charge is 0.250 e. The summed E-state index contributed by atoms with van der Waals surface area (Å²) < 4.78 is 2.03. The third-order valence-electron chi connectivity index (χ3n) is 2.79. The number of hydrogen-bond donors (Lipinski definition) is 1. The molecule has 0 amide bonds. The van der Waals surface area contributed by atoms with Crippen LogP contribution >= 0.6 is 35.2 Å². The van der Waals surface area contributed by atoms with E-state index in [2.05, 4.69) is 28.3 Å². The Hall–Kier alpha value is -1.76. The summed E-state index contributed by atoms with van der Waals surface area (Å²) in [6, 6.07) is 11.5. The van der Waals surface area contributed by atoms with E-state index in [9.17, 15) is 0 Å². The van der Waals surface area contributed by atoms with Gasteiger partial charge in [-0.3, -0.25) is 0 Å². The molecule has 7 heteroatoms. The highest BCUT2D eigenvalue weighted by atomic mass is 35.5. The van der Waals surface area contributed by atoms with Crippen molar-refractivity contribution in [2.24, 2.45) is 5.10 Å². The van der Waals surface area contributed by atoms with Crippen LogP contribution in [-0.4, -0.2) is 21.1 Å². The van der Waals surface area contributed by atoms with Gasteiger partial charge in [0.2, 0.25) is 4.77 Å². The number of aromatic amines is 1. The molecule has 0 bridgehead atoms. The van der Waals surface area contributed by atoms with Crippen molar-refractivity contribution in [3.8, 4) is 11.4 Å². The SMILES string of the molecule is Cc1ccc(C=Nn2c(-c3cccc(Cl)c3)n[nH]c2=S)s1. The molecule has 0 spiro atoms. The Kier molecular flexibility index (Phi) is 4.01. The van der Waals surface area contributed by atoms with Gasteiger partial charge in [0, 0.05) is 20.3 Å². The smallest absolute Gasteiger partial charge is 0.216 e. The van der Waals surface area contributed by atoms with Gasteiger partial charge in [0.25, 0.3) is 0 Å². The van der Waals surface area contributed by atoms with Crippen LogP contribution < -0.4 is 0 Å². The minimum atomic E-state index is 0.439. The molecule has 0 aliphatic carbocycles. The number of hydrogen-bond acceptors (Lipinski definition) is 4. The zero-order valence-electron chi connectivity index (χ0n) is 11.1. The first-order chi connectivity index (χ1) is 10.1. The van der Waals surface area contributed by atoms with Gasteiger partial charge >= 0.3 is 0 Å². The maximum Gasteiger partial charge on any atom is 0.216 e. The number of aryl methyl sites for hydroxylation is 1. The van der Waals surface area contributed by atoms with Gasteiger partial charge in [0.1, 0.15) is 0 Å². The fourth-order valence-electron chi connectivity index (χ4n) is 1.85. The van der Waals surface area contributed by atoms with Crippen molar-refractivity contribution in [2.75, 3.05) is 0 Å². The third-order valence-corrected chi connectivity index (χ3v) is 4.23. The van der Waals surface area contributed by atoms with Crippen LogP contribution in [0.3, 0.4) is 0 Å². The monoisotopic (exact) mass is 334 g/mol. The summed E-state index contributed by atoms with van der Waals surface area (Å²) in [4.78, 5) is 2.30. The molecule has 1 N–H and O–H groups in total. The quantitative estimate of drug-likeness (QED) is 0.565. The Balaban J connectivity index is 2.01. The molecule has 0 saturated heterocycles. The Morgan fingerprint density at radius 2 is 2.24 bits per heavy atom. The van der Waals surface area contributed by atoms with Crippen molar-refractivity contribution in [1.29, 1.82) is 0 Å². The van der Waals surface area contributed by atoms with Gasteiger partial charge in [-0.05, 0) is 43.4 Å². The number of nitrogens with zero attached hydrogens (tertiary/aromatic N) is 3. The average molecular weight is 335 g/mol. The second kappa shape index (κ2) is 5.93. The minimum Gasteiger partial charge on any atom is -0.250 e. The third kappa shape index (κ3) is 3.12. The predicted molar refractivity (Wildman–Crippen MR) is 89.9 cm³/mol. The molecule has 3 rings (SSSR count). The number of thiophene rings is 1. The molecule has 21 heavy (non-hydrogen) atoms. The lowest BCUT2D eigenvalue weighted by Crippen LogP contribution is -1.94. The highest BCUT2D eigenvalue weighted by Gasteiger charge is 2.08. The highest BCUT2D eigenvalue weighted by molar-refractivity contribution is 7.71. The molecule has 0 fully saturated rings. The number of aromatic nitrogens is 3. The highest BCUT2D eigenvalue weighted by Crippen LogP contribution is 2.21. The van der Waals surface area contributed by atoms with Gasteiger partial charge < -0.3 is 0 Å². The molecule has 0 atom stereocenters. The summed E-state index contributed by atoms with van der Waals surface area (Å²) in [6.07, 6.45) is 1.77. The maximum absolute atomic E-state index is 6.02. The van der Waals surface area contributed by atoms with E-state index in [1.165, 1.54) is 4.88 Å². The van der Waals surface area contributed by atoms with E-state index in [-0.39, 0.29) is 0 Å². The van der Waals surface area contributed by atoms with E-state index < -0.39 is 0 Å². The summed E-state index contributed by atoms with van der Waals surface area (Å²) in [5.74, 6) is 0.632. The molecule has 0 saturated carbocycles. The molecular formula is C14H11ClN4S2. The van der Waals surface area contributed by atoms with Crippen LogP contribution in [0.25, 0.3) is 11.4 Å². The Morgan fingerprint density at radius 3 is 2.95 bits per heavy atom. The first-order valence-electron chi connectivity index (χ1n) is 6.17. The van der Waals surface area contributed by atoms with Crippen LogP contribution in [-0.2, 0) is 0 Å². The van der Waals surface area contributed by atoms with Crippen LogP contribution in [0.5, 0.6) is 0 Å². The molecule has 3 aromatic rings. The first-order valence-corrected chi connectivity index (χ1v) is 7.78. The Morgan fingerprint density at radius 1 is 1.38 bits per heavy atom. The standard InChI is InChI=1S/C14H11ClN4S2/c1-9-5-6-12(21-9)8-16-19-13(17-18-14(19)20)10-3-2-4-11(15)7-10/h2-8H,1H3,(H,18,20). The lowest BCUT2D eigenvalue weighted by molar-refractivity contribution is 0.872. The predicted octanol–water partition coefficient (Wildman–Crippen LogP) is 4.51. The van der Waals surface area contributed by atoms with Gasteiger partial charge in [0.05, 0.1) is 6.21 Å². The zero-order valence-corrected chi connectivity index (χ0v) is 13.5. The first kappa shape index (κ1) is 14.2. The molecule has 106 valence electrons. The molecule has 1 aromatic carbocycles. The summed E-state index contributed by atoms with van der Waals surface area (Å²) in [7, 11) is 0. The molecular weight excluding hydrogens is 324 g/mol. The van der Waals surface area contributed by atoms with Gasteiger partial charge in [-0.15, -0.1) is 11.3 Å². The second-order valence-electron chi connectivity index (χ2n) is 4.37. The van der Waals surface area contributed by atoms with Crippen LogP contribution in [0.4, 0.5) is 0 Å². The number of nitrogens with one attached hydrogen (secondary N) is 1. The average Bonchev–Trinajstić information content (AvgIpc) is 3.03. The number of rotatable bonds is 3. The fourth-order valence-corrected chi connectivity index (χ4v) is 2.96. The number of H-pyrrole nitrogens is 1. The van der Waals surface area contributed by atoms with E-state index in [0.29, 0.717) is 15.6 Å². The van der Waals surface area contributed by atoms with E-state index >= 15 is 0 Å². The Labute approximate surface area is 135 Å². The van der Waals surface area contributed by atoms with Crippen molar-refractivity contribution in [2.45, 2.75) is 6.92 Å². The summed E-state index contributed by atoms with van der Waals surface area (Å²) in [6.45, 7) is 2.06. The Bertz CT molecular complexity index is 860.